The number of ether oxygens (including phenoxy) is 1. The van der Waals surface area contributed by atoms with Crippen LogP contribution in [0.3, 0.4) is 0 Å². The van der Waals surface area contributed by atoms with Crippen molar-refractivity contribution in [3.63, 3.8) is 0 Å². The van der Waals surface area contributed by atoms with Crippen LogP contribution in [0, 0.1) is 0 Å². The lowest BCUT2D eigenvalue weighted by Gasteiger charge is -2.08. The maximum absolute atomic E-state index is 11.1. The van der Waals surface area contributed by atoms with E-state index in [1.54, 1.807) is 24.3 Å². The molecule has 2 aromatic carbocycles. The minimum atomic E-state index is -0.428. The number of nitrogens with two attached hydrogens (primary N) is 1. The predicted molar refractivity (Wildman–Crippen MR) is 84.4 cm³/mol. The molecule has 1 amide bonds. The van der Waals surface area contributed by atoms with E-state index in [0.717, 1.165) is 17.0 Å². The molecule has 0 fully saturated rings. The summed E-state index contributed by atoms with van der Waals surface area (Å²) >= 11 is 0. The average molecular weight is 282 g/mol. The Balaban J connectivity index is 1.95. The molecule has 4 heteroatoms. The van der Waals surface area contributed by atoms with Crippen molar-refractivity contribution in [2.45, 2.75) is 6.54 Å². The molecule has 0 aromatic heterocycles. The van der Waals surface area contributed by atoms with Gasteiger partial charge in [-0.15, -0.1) is 0 Å². The van der Waals surface area contributed by atoms with Crippen LogP contribution in [0.2, 0.25) is 0 Å². The second-order valence-electron chi connectivity index (χ2n) is 4.54. The summed E-state index contributed by atoms with van der Waals surface area (Å²) in [5, 5.41) is 3.25. The topological polar surface area (TPSA) is 64.3 Å². The molecule has 0 saturated heterocycles. The van der Waals surface area contributed by atoms with Gasteiger partial charge < -0.3 is 15.8 Å². The number of nitrogens with one attached hydrogen (secondary N) is 1. The molecule has 0 bridgehead atoms. The fraction of sp³-hybridized carbons (Fsp3) is 0.118. The van der Waals surface area contributed by atoms with E-state index in [9.17, 15) is 4.79 Å². The van der Waals surface area contributed by atoms with Crippen LogP contribution in [0.5, 0.6) is 5.75 Å². The van der Waals surface area contributed by atoms with E-state index in [1.807, 2.05) is 30.3 Å². The van der Waals surface area contributed by atoms with Gasteiger partial charge in [0.25, 0.3) is 0 Å². The minimum Gasteiger partial charge on any atom is -0.490 e. The van der Waals surface area contributed by atoms with E-state index in [4.69, 9.17) is 10.5 Å². The molecule has 0 aliphatic heterocycles. The number of hydrogen-bond donors (Lipinski definition) is 2. The first kappa shape index (κ1) is 14.7. The molecule has 4 nitrogen and oxygen atoms in total. The molecule has 0 spiro atoms. The summed E-state index contributed by atoms with van der Waals surface area (Å²) in [6, 6.07) is 14.9. The molecule has 0 aliphatic carbocycles. The van der Waals surface area contributed by atoms with E-state index in [1.165, 1.54) is 0 Å². The lowest BCUT2D eigenvalue weighted by molar-refractivity contribution is 0.100. The average Bonchev–Trinajstić information content (AvgIpc) is 2.52. The van der Waals surface area contributed by atoms with Crippen molar-refractivity contribution in [3.8, 4) is 5.75 Å². The van der Waals surface area contributed by atoms with Gasteiger partial charge in [-0.25, -0.2) is 0 Å². The van der Waals surface area contributed by atoms with Gasteiger partial charge in [0.2, 0.25) is 5.91 Å². The van der Waals surface area contributed by atoms with Crippen molar-refractivity contribution in [2.75, 3.05) is 11.9 Å². The zero-order chi connectivity index (χ0) is 15.1. The fourth-order valence-electron chi connectivity index (χ4n) is 1.85. The van der Waals surface area contributed by atoms with Crippen LogP contribution in [-0.2, 0) is 6.54 Å². The number of amides is 1. The van der Waals surface area contributed by atoms with Crippen LogP contribution in [0.15, 0.2) is 61.2 Å². The summed E-state index contributed by atoms with van der Waals surface area (Å²) in [6.45, 7) is 4.76. The molecule has 0 saturated carbocycles. The van der Waals surface area contributed by atoms with Crippen LogP contribution >= 0.6 is 0 Å². The van der Waals surface area contributed by atoms with Crippen LogP contribution in [-0.4, -0.2) is 12.5 Å². The van der Waals surface area contributed by atoms with Gasteiger partial charge in [-0.3, -0.25) is 4.79 Å². The van der Waals surface area contributed by atoms with Crippen molar-refractivity contribution in [1.29, 1.82) is 0 Å². The molecule has 0 heterocycles. The number of rotatable bonds is 7. The zero-order valence-electron chi connectivity index (χ0n) is 11.7. The van der Waals surface area contributed by atoms with Crippen LogP contribution < -0.4 is 15.8 Å². The Kier molecular flexibility index (Phi) is 4.99. The first-order valence-corrected chi connectivity index (χ1v) is 6.65. The first-order chi connectivity index (χ1) is 10.2. The third kappa shape index (κ3) is 4.38. The largest absolute Gasteiger partial charge is 0.490 e. The van der Waals surface area contributed by atoms with Gasteiger partial charge in [-0.1, -0.05) is 30.9 Å². The van der Waals surface area contributed by atoms with E-state index < -0.39 is 5.91 Å². The van der Waals surface area contributed by atoms with Crippen LogP contribution in [0.25, 0.3) is 0 Å². The van der Waals surface area contributed by atoms with Crippen LogP contribution in [0.1, 0.15) is 15.9 Å². The number of benzene rings is 2. The van der Waals surface area contributed by atoms with Crippen LogP contribution in [0.4, 0.5) is 5.69 Å². The minimum absolute atomic E-state index is 0.428. The van der Waals surface area contributed by atoms with Crippen molar-refractivity contribution in [3.05, 3.63) is 72.3 Å². The lowest BCUT2D eigenvalue weighted by Crippen LogP contribution is -2.11. The maximum Gasteiger partial charge on any atom is 0.248 e. The van der Waals surface area contributed by atoms with Gasteiger partial charge in [0.15, 0.2) is 0 Å². The molecule has 108 valence electrons. The molecule has 0 atom stereocenters. The molecular formula is C17H18N2O2. The third-order valence-electron chi connectivity index (χ3n) is 2.93. The fourth-order valence-corrected chi connectivity index (χ4v) is 1.85. The molecular weight excluding hydrogens is 264 g/mol. The zero-order valence-corrected chi connectivity index (χ0v) is 11.7. The van der Waals surface area contributed by atoms with Gasteiger partial charge in [0.05, 0.1) is 0 Å². The smallest absolute Gasteiger partial charge is 0.248 e. The Morgan fingerprint density at radius 1 is 1.24 bits per heavy atom. The summed E-state index contributed by atoms with van der Waals surface area (Å²) in [5.41, 5.74) is 7.73. The van der Waals surface area contributed by atoms with Gasteiger partial charge in [0.1, 0.15) is 12.4 Å². The number of carbonyl (C=O) groups is 1. The first-order valence-electron chi connectivity index (χ1n) is 6.65. The summed E-state index contributed by atoms with van der Waals surface area (Å²) in [6.07, 6.45) is 1.71. The third-order valence-corrected chi connectivity index (χ3v) is 2.93. The number of primary amides is 1. The quantitative estimate of drug-likeness (QED) is 0.767. The molecule has 0 aliphatic rings. The normalized spacial score (nSPS) is 9.90. The highest BCUT2D eigenvalue weighted by atomic mass is 16.5. The lowest BCUT2D eigenvalue weighted by atomic mass is 10.1. The second kappa shape index (κ2) is 7.14. The molecule has 21 heavy (non-hydrogen) atoms. The van der Waals surface area contributed by atoms with E-state index in [2.05, 4.69) is 11.9 Å². The summed E-state index contributed by atoms with van der Waals surface area (Å²) in [4.78, 5) is 11.1. The monoisotopic (exact) mass is 282 g/mol. The Labute approximate surface area is 124 Å². The van der Waals surface area contributed by atoms with E-state index in [0.29, 0.717) is 18.7 Å². The molecule has 0 unspecified atom stereocenters. The Morgan fingerprint density at radius 2 is 2.00 bits per heavy atom. The highest BCUT2D eigenvalue weighted by Crippen LogP contribution is 2.15. The second-order valence-corrected chi connectivity index (χ2v) is 4.54. The number of anilines is 1. The Bertz CT molecular complexity index is 621. The van der Waals surface area contributed by atoms with E-state index >= 15 is 0 Å². The maximum atomic E-state index is 11.1. The van der Waals surface area contributed by atoms with Gasteiger partial charge >= 0.3 is 0 Å². The van der Waals surface area contributed by atoms with Crippen molar-refractivity contribution < 1.29 is 9.53 Å². The van der Waals surface area contributed by atoms with Crippen molar-refractivity contribution >= 4 is 11.6 Å². The standard InChI is InChI=1S/C17H18N2O2/c1-2-10-21-16-8-6-13(7-9-16)12-19-15-5-3-4-14(11-15)17(18)20/h2-9,11,19H,1,10,12H2,(H2,18,20). The van der Waals surface area contributed by atoms with Crippen molar-refractivity contribution in [1.82, 2.24) is 0 Å². The van der Waals surface area contributed by atoms with Gasteiger partial charge in [0, 0.05) is 17.8 Å². The Morgan fingerprint density at radius 3 is 2.67 bits per heavy atom. The SMILES string of the molecule is C=CCOc1ccc(CNc2cccc(C(N)=O)c2)cc1. The number of carbonyl (C=O) groups excluding carboxylic acids is 1. The van der Waals surface area contributed by atoms with Crippen molar-refractivity contribution in [2.24, 2.45) is 5.73 Å². The molecule has 3 N–H and O–H groups in total. The highest BCUT2D eigenvalue weighted by molar-refractivity contribution is 5.93. The van der Waals surface area contributed by atoms with Gasteiger partial charge in [-0.2, -0.15) is 0 Å². The summed E-state index contributed by atoms with van der Waals surface area (Å²) in [5.74, 6) is 0.386. The predicted octanol–water partition coefficient (Wildman–Crippen LogP) is 2.96. The molecule has 0 radical (unpaired) electrons. The summed E-state index contributed by atoms with van der Waals surface area (Å²) in [7, 11) is 0. The van der Waals surface area contributed by atoms with E-state index in [-0.39, 0.29) is 0 Å². The number of hydrogen-bond acceptors (Lipinski definition) is 3. The molecule has 2 rings (SSSR count). The summed E-state index contributed by atoms with van der Waals surface area (Å²) < 4.78 is 5.43. The highest BCUT2D eigenvalue weighted by Gasteiger charge is 2.01. The van der Waals surface area contributed by atoms with Gasteiger partial charge in [-0.05, 0) is 35.9 Å². The molecule has 2 aromatic rings. The Hall–Kier alpha value is -2.75.